The second kappa shape index (κ2) is 9.26. The first-order valence-electron chi connectivity index (χ1n) is 15.6. The van der Waals surface area contributed by atoms with Gasteiger partial charge in [-0.25, -0.2) is 0 Å². The number of aliphatic carboxylic acids is 1. The van der Waals surface area contributed by atoms with Crippen LogP contribution in [0.4, 0.5) is 0 Å². The lowest BCUT2D eigenvalue weighted by Crippen LogP contribution is -2.66. The number of hydrogen-bond acceptors (Lipinski definition) is 5. The van der Waals surface area contributed by atoms with Crippen molar-refractivity contribution in [3.8, 4) is 0 Å². The largest absolute Gasteiger partial charge is 0.481 e. The summed E-state index contributed by atoms with van der Waals surface area (Å²) in [5.74, 6) is -0.561. The van der Waals surface area contributed by atoms with Gasteiger partial charge in [-0.3, -0.25) is 14.4 Å². The fourth-order valence-corrected chi connectivity index (χ4v) is 11.0. The van der Waals surface area contributed by atoms with Crippen LogP contribution in [0.1, 0.15) is 119 Å². The summed E-state index contributed by atoms with van der Waals surface area (Å²) in [7, 11) is 0. The molecule has 2 unspecified atom stereocenters. The minimum atomic E-state index is -0.751. The first kappa shape index (κ1) is 29.5. The number of ketones is 1. The van der Waals surface area contributed by atoms with Gasteiger partial charge in [-0.05, 0) is 104 Å². The molecule has 0 aliphatic heterocycles. The Balaban J connectivity index is 1.51. The van der Waals surface area contributed by atoms with Crippen LogP contribution in [0, 0.1) is 50.2 Å². The summed E-state index contributed by atoms with van der Waals surface area (Å²) in [4.78, 5) is 50.0. The number of carbonyl (C=O) groups is 4. The van der Waals surface area contributed by atoms with Gasteiger partial charge in [0.05, 0.1) is 11.8 Å². The van der Waals surface area contributed by atoms with Gasteiger partial charge in [0.15, 0.2) is 5.78 Å². The van der Waals surface area contributed by atoms with E-state index in [0.717, 1.165) is 51.2 Å². The fraction of sp³-hybridized carbons (Fsp3) is 0.824. The smallest absolute Gasteiger partial charge is 0.309 e. The number of carbonyl (C=O) groups excluding carboxylic acids is 3. The predicted octanol–water partition coefficient (Wildman–Crippen LogP) is 6.94. The van der Waals surface area contributed by atoms with Gasteiger partial charge in [0.25, 0.3) is 0 Å². The van der Waals surface area contributed by atoms with Crippen LogP contribution in [0.15, 0.2) is 11.6 Å². The molecule has 5 aliphatic rings. The van der Waals surface area contributed by atoms with Gasteiger partial charge >= 0.3 is 11.9 Å². The van der Waals surface area contributed by atoms with Crippen LogP contribution in [0.3, 0.4) is 0 Å². The third kappa shape index (κ3) is 3.93. The van der Waals surface area contributed by atoms with Crippen molar-refractivity contribution >= 4 is 24.0 Å². The molecule has 0 radical (unpaired) electrons. The lowest BCUT2D eigenvalue weighted by atomic mass is 9.33. The highest BCUT2D eigenvalue weighted by Gasteiger charge is 2.70. The minimum Gasteiger partial charge on any atom is -0.481 e. The average Bonchev–Trinajstić information content (AvgIpc) is 2.86. The van der Waals surface area contributed by atoms with Crippen molar-refractivity contribution in [3.05, 3.63) is 11.6 Å². The maximum atomic E-state index is 14.4. The predicted molar refractivity (Wildman–Crippen MR) is 152 cm³/mol. The molecule has 0 aromatic rings. The Morgan fingerprint density at radius 3 is 2.30 bits per heavy atom. The summed E-state index contributed by atoms with van der Waals surface area (Å²) in [6.07, 6.45) is 10.6. The number of ether oxygens (including phenoxy) is 1. The molecule has 1 N–H and O–H groups in total. The Hall–Kier alpha value is -1.98. The van der Waals surface area contributed by atoms with E-state index in [0.29, 0.717) is 12.8 Å². The second-order valence-electron chi connectivity index (χ2n) is 16.1. The third-order valence-corrected chi connectivity index (χ3v) is 13.8. The molecule has 0 spiro atoms. The summed E-state index contributed by atoms with van der Waals surface area (Å²) in [6.45, 7) is 15.7. The Morgan fingerprint density at radius 1 is 0.975 bits per heavy atom. The topological polar surface area (TPSA) is 97.7 Å². The summed E-state index contributed by atoms with van der Waals surface area (Å²) in [6, 6.07) is 0. The first-order chi connectivity index (χ1) is 18.5. The van der Waals surface area contributed by atoms with Gasteiger partial charge in [-0.15, -0.1) is 0 Å². The summed E-state index contributed by atoms with van der Waals surface area (Å²) in [5, 5.41) is 10.1. The van der Waals surface area contributed by atoms with E-state index in [1.165, 1.54) is 5.57 Å². The highest BCUT2D eigenvalue weighted by Crippen LogP contribution is 2.75. The van der Waals surface area contributed by atoms with E-state index in [1.54, 1.807) is 0 Å². The molecule has 0 amide bonds. The summed E-state index contributed by atoms with van der Waals surface area (Å²) < 4.78 is 5.96. The Morgan fingerprint density at radius 2 is 1.65 bits per heavy atom. The van der Waals surface area contributed by atoms with Crippen LogP contribution in [-0.4, -0.2) is 35.2 Å². The van der Waals surface area contributed by atoms with Crippen LogP contribution in [0.5, 0.6) is 0 Å². The quantitative estimate of drug-likeness (QED) is 0.292. The zero-order chi connectivity index (χ0) is 29.5. The molecule has 222 valence electrons. The summed E-state index contributed by atoms with van der Waals surface area (Å²) in [5.41, 5.74) is -0.333. The molecule has 6 heteroatoms. The van der Waals surface area contributed by atoms with Gasteiger partial charge in [-0.1, -0.05) is 47.1 Å². The number of hydrogen-bond donors (Lipinski definition) is 1. The van der Waals surface area contributed by atoms with E-state index in [-0.39, 0.29) is 75.5 Å². The lowest BCUT2D eigenvalue weighted by molar-refractivity contribution is -0.211. The molecule has 6 nitrogen and oxygen atoms in total. The van der Waals surface area contributed by atoms with Crippen molar-refractivity contribution in [2.45, 2.75) is 125 Å². The molecule has 4 saturated carbocycles. The molecule has 0 bridgehead atoms. The standard InChI is InChI=1S/C34H50O6/c1-29(2)24-10-13-34(7)27(32(24,5)12-11-25(29)40-26(37)9-8-18-35)23(36)19-21-22-20-31(4,28(38)39)15-14-30(22,3)16-17-33(21,34)6/h18-19,22,24-25,27H,8-17,20H2,1-7H3,(H,38,39)/t22-,24?,25+,27-,30-,31?,32+,33-,34-/m0/s1. The zero-order valence-corrected chi connectivity index (χ0v) is 25.7. The van der Waals surface area contributed by atoms with Crippen LogP contribution >= 0.6 is 0 Å². The first-order valence-corrected chi connectivity index (χ1v) is 15.6. The minimum absolute atomic E-state index is 0.0403. The molecule has 4 fully saturated rings. The van der Waals surface area contributed by atoms with E-state index in [9.17, 15) is 24.3 Å². The zero-order valence-electron chi connectivity index (χ0n) is 25.7. The molecular weight excluding hydrogens is 504 g/mol. The van der Waals surface area contributed by atoms with Gasteiger partial charge in [0.1, 0.15) is 12.4 Å². The van der Waals surface area contributed by atoms with Crippen molar-refractivity contribution in [2.24, 2.45) is 50.2 Å². The molecule has 5 aliphatic carbocycles. The molecule has 9 atom stereocenters. The second-order valence-corrected chi connectivity index (χ2v) is 16.1. The number of fused-ring (bicyclic) bond motifs is 7. The SMILES string of the molecule is CC1(C(=O)O)CC[C@@]2(C)CC[C@@]3(C)C(=CC(=O)[C@@H]4[C@]3(C)CCC3C(C)(C)[C@H](OC(=O)CCC=O)CC[C@]34C)[C@@H]2C1. The van der Waals surface area contributed by atoms with Crippen LogP contribution in [0.2, 0.25) is 0 Å². The monoisotopic (exact) mass is 554 g/mol. The van der Waals surface area contributed by atoms with Crippen molar-refractivity contribution in [1.82, 2.24) is 0 Å². The van der Waals surface area contributed by atoms with E-state index in [4.69, 9.17) is 4.74 Å². The molecule has 0 saturated heterocycles. The number of carboxylic acid groups (broad SMARTS) is 1. The molecule has 40 heavy (non-hydrogen) atoms. The number of esters is 1. The van der Waals surface area contributed by atoms with Crippen molar-refractivity contribution in [1.29, 1.82) is 0 Å². The average molecular weight is 555 g/mol. The van der Waals surface area contributed by atoms with Crippen molar-refractivity contribution < 1.29 is 29.0 Å². The van der Waals surface area contributed by atoms with E-state index in [2.05, 4.69) is 41.5 Å². The Labute approximate surface area is 240 Å². The van der Waals surface area contributed by atoms with Gasteiger partial charge in [0, 0.05) is 17.8 Å². The Kier molecular flexibility index (Phi) is 6.83. The Bertz CT molecular complexity index is 1150. The highest BCUT2D eigenvalue weighted by atomic mass is 16.5. The molecule has 0 heterocycles. The third-order valence-electron chi connectivity index (χ3n) is 13.8. The lowest BCUT2D eigenvalue weighted by Gasteiger charge is -2.70. The highest BCUT2D eigenvalue weighted by molar-refractivity contribution is 5.95. The van der Waals surface area contributed by atoms with Crippen molar-refractivity contribution in [3.63, 3.8) is 0 Å². The molecule has 0 aromatic carbocycles. The number of allylic oxidation sites excluding steroid dienone is 2. The number of carboxylic acids is 1. The number of rotatable bonds is 5. The maximum absolute atomic E-state index is 14.4. The fourth-order valence-electron chi connectivity index (χ4n) is 11.0. The molecular formula is C34H50O6. The van der Waals surface area contributed by atoms with Crippen LogP contribution < -0.4 is 0 Å². The summed E-state index contributed by atoms with van der Waals surface area (Å²) >= 11 is 0. The van der Waals surface area contributed by atoms with Crippen LogP contribution in [0.25, 0.3) is 0 Å². The van der Waals surface area contributed by atoms with Gasteiger partial charge < -0.3 is 14.6 Å². The van der Waals surface area contributed by atoms with Gasteiger partial charge in [0.2, 0.25) is 0 Å². The molecule has 0 aromatic heterocycles. The van der Waals surface area contributed by atoms with Crippen molar-refractivity contribution in [2.75, 3.05) is 0 Å². The number of aldehydes is 1. The molecule has 5 rings (SSSR count). The van der Waals surface area contributed by atoms with Gasteiger partial charge in [-0.2, -0.15) is 0 Å². The van der Waals surface area contributed by atoms with E-state index in [1.807, 2.05) is 13.0 Å². The van der Waals surface area contributed by atoms with E-state index < -0.39 is 11.4 Å². The van der Waals surface area contributed by atoms with E-state index >= 15 is 0 Å². The van der Waals surface area contributed by atoms with Crippen LogP contribution in [-0.2, 0) is 23.9 Å². The maximum Gasteiger partial charge on any atom is 0.309 e. The normalized spacial score (nSPS) is 47.5.